The van der Waals surface area contributed by atoms with Gasteiger partial charge in [0.2, 0.25) is 0 Å². The Labute approximate surface area is 120 Å². The van der Waals surface area contributed by atoms with Crippen molar-refractivity contribution < 1.29 is 14.4 Å². The molecule has 21 heavy (non-hydrogen) atoms. The zero-order valence-electron chi connectivity index (χ0n) is 11.3. The molecule has 0 spiro atoms. The van der Waals surface area contributed by atoms with Crippen LogP contribution in [0.3, 0.4) is 0 Å². The van der Waals surface area contributed by atoms with Gasteiger partial charge in [0.15, 0.2) is 5.84 Å². The molecular weight excluding hydrogens is 273 g/mol. The number of amidine groups is 1. The van der Waals surface area contributed by atoms with E-state index in [4.69, 9.17) is 10.9 Å². The van der Waals surface area contributed by atoms with E-state index in [1.165, 1.54) is 18.2 Å². The van der Waals surface area contributed by atoms with Gasteiger partial charge in [-0.05, 0) is 30.7 Å². The fraction of sp³-hybridized carbons (Fsp3) is 0.0667. The number of hydrogen-bond donors (Lipinski definition) is 3. The van der Waals surface area contributed by atoms with Crippen LogP contribution in [0.15, 0.2) is 47.6 Å². The summed E-state index contributed by atoms with van der Waals surface area (Å²) in [6.45, 7) is 1.78. The summed E-state index contributed by atoms with van der Waals surface area (Å²) < 4.78 is 13.6. The van der Waals surface area contributed by atoms with Crippen molar-refractivity contribution in [1.29, 1.82) is 0 Å². The van der Waals surface area contributed by atoms with Crippen molar-refractivity contribution in [1.82, 2.24) is 0 Å². The van der Waals surface area contributed by atoms with Crippen molar-refractivity contribution in [2.75, 3.05) is 5.32 Å². The molecule has 6 heteroatoms. The number of nitrogens with one attached hydrogen (secondary N) is 1. The number of nitrogens with zero attached hydrogens (tertiary/aromatic N) is 1. The molecule has 0 unspecified atom stereocenters. The molecule has 2 aromatic carbocycles. The molecule has 0 atom stereocenters. The number of halogens is 1. The summed E-state index contributed by atoms with van der Waals surface area (Å²) in [5.74, 6) is -1.23. The third-order valence-corrected chi connectivity index (χ3v) is 3.01. The van der Waals surface area contributed by atoms with Crippen LogP contribution in [0.1, 0.15) is 21.5 Å². The Morgan fingerprint density at radius 1 is 1.29 bits per heavy atom. The van der Waals surface area contributed by atoms with Crippen molar-refractivity contribution >= 4 is 17.4 Å². The van der Waals surface area contributed by atoms with Crippen molar-refractivity contribution in [3.05, 3.63) is 65.0 Å². The summed E-state index contributed by atoms with van der Waals surface area (Å²) in [5, 5.41) is 14.2. The number of oxime groups is 1. The number of benzene rings is 2. The van der Waals surface area contributed by atoms with E-state index in [1.807, 2.05) is 0 Å². The summed E-state index contributed by atoms with van der Waals surface area (Å²) >= 11 is 0. The minimum absolute atomic E-state index is 0.0499. The van der Waals surface area contributed by atoms with Gasteiger partial charge in [0.05, 0.1) is 5.56 Å². The Hall–Kier alpha value is -2.89. The monoisotopic (exact) mass is 287 g/mol. The Morgan fingerprint density at radius 2 is 2.00 bits per heavy atom. The highest BCUT2D eigenvalue weighted by Gasteiger charge is 2.13. The average molecular weight is 287 g/mol. The maximum absolute atomic E-state index is 13.6. The van der Waals surface area contributed by atoms with Gasteiger partial charge in [-0.2, -0.15) is 0 Å². The quantitative estimate of drug-likeness (QED) is 0.351. The van der Waals surface area contributed by atoms with E-state index in [1.54, 1.807) is 31.2 Å². The van der Waals surface area contributed by atoms with Crippen LogP contribution in [0, 0.1) is 12.7 Å². The molecule has 0 fully saturated rings. The van der Waals surface area contributed by atoms with Crippen LogP contribution in [0.4, 0.5) is 10.1 Å². The summed E-state index contributed by atoms with van der Waals surface area (Å²) in [6, 6.07) is 10.6. The highest BCUT2D eigenvalue weighted by molar-refractivity contribution is 6.06. The first-order chi connectivity index (χ1) is 10.0. The molecule has 0 aliphatic heterocycles. The topological polar surface area (TPSA) is 87.7 Å². The van der Waals surface area contributed by atoms with E-state index in [2.05, 4.69) is 10.5 Å². The number of nitrogens with two attached hydrogens (primary N) is 1. The van der Waals surface area contributed by atoms with Crippen LogP contribution in [-0.2, 0) is 0 Å². The van der Waals surface area contributed by atoms with Gasteiger partial charge in [0.1, 0.15) is 5.82 Å². The molecule has 0 bridgehead atoms. The third-order valence-electron chi connectivity index (χ3n) is 3.01. The maximum atomic E-state index is 13.6. The van der Waals surface area contributed by atoms with Gasteiger partial charge in [-0.25, -0.2) is 4.39 Å². The van der Waals surface area contributed by atoms with Crippen LogP contribution in [0.25, 0.3) is 0 Å². The van der Waals surface area contributed by atoms with Crippen LogP contribution >= 0.6 is 0 Å². The number of hydrogen-bond acceptors (Lipinski definition) is 3. The van der Waals surface area contributed by atoms with Gasteiger partial charge in [0.25, 0.3) is 5.91 Å². The van der Waals surface area contributed by atoms with Gasteiger partial charge >= 0.3 is 0 Å². The smallest absolute Gasteiger partial charge is 0.258 e. The lowest BCUT2D eigenvalue weighted by atomic mass is 10.1. The molecule has 0 aromatic heterocycles. The number of anilines is 1. The minimum Gasteiger partial charge on any atom is -0.409 e. The van der Waals surface area contributed by atoms with Gasteiger partial charge in [-0.15, -0.1) is 0 Å². The zero-order valence-corrected chi connectivity index (χ0v) is 11.3. The van der Waals surface area contributed by atoms with Gasteiger partial charge < -0.3 is 16.3 Å². The highest BCUT2D eigenvalue weighted by Crippen LogP contribution is 2.18. The van der Waals surface area contributed by atoms with Gasteiger partial charge in [0, 0.05) is 11.3 Å². The summed E-state index contributed by atoms with van der Waals surface area (Å²) in [7, 11) is 0. The second-order valence-electron chi connectivity index (χ2n) is 4.45. The third kappa shape index (κ3) is 3.17. The second kappa shape index (κ2) is 6.04. The lowest BCUT2D eigenvalue weighted by molar-refractivity contribution is 0.102. The molecule has 5 nitrogen and oxygen atoms in total. The van der Waals surface area contributed by atoms with E-state index < -0.39 is 11.7 Å². The van der Waals surface area contributed by atoms with Crippen LogP contribution < -0.4 is 11.1 Å². The Morgan fingerprint density at radius 3 is 2.67 bits per heavy atom. The first kappa shape index (κ1) is 14.5. The molecule has 0 saturated carbocycles. The minimum atomic E-state index is -0.597. The molecule has 1 amide bonds. The number of carbonyl (C=O) groups excluding carboxylic acids is 1. The normalized spacial score (nSPS) is 11.2. The first-order valence-electron chi connectivity index (χ1n) is 6.17. The van der Waals surface area contributed by atoms with Gasteiger partial charge in [-0.3, -0.25) is 4.79 Å². The Balaban J connectivity index is 2.31. The predicted molar refractivity (Wildman–Crippen MR) is 78.0 cm³/mol. The molecule has 0 saturated heterocycles. The van der Waals surface area contributed by atoms with Crippen molar-refractivity contribution in [2.45, 2.75) is 6.92 Å². The van der Waals surface area contributed by atoms with E-state index in [9.17, 15) is 9.18 Å². The predicted octanol–water partition coefficient (Wildman–Crippen LogP) is 2.48. The largest absolute Gasteiger partial charge is 0.409 e. The van der Waals surface area contributed by atoms with E-state index in [-0.39, 0.29) is 11.4 Å². The maximum Gasteiger partial charge on any atom is 0.258 e. The van der Waals surface area contributed by atoms with E-state index >= 15 is 0 Å². The number of aryl methyl sites for hydroxylation is 1. The molecular formula is C15H14FN3O2. The molecule has 0 aliphatic rings. The lowest BCUT2D eigenvalue weighted by Crippen LogP contribution is -2.17. The molecule has 0 aliphatic carbocycles. The van der Waals surface area contributed by atoms with Gasteiger partial charge in [-0.1, -0.05) is 29.4 Å². The summed E-state index contributed by atoms with van der Waals surface area (Å²) in [4.78, 5) is 12.1. The standard InChI is InChI=1S/C15H14FN3O2/c1-9-6-7-10(14(17)19-21)8-13(9)18-15(20)11-4-2-3-5-12(11)16/h2-8,21H,1H3,(H2,17,19)(H,18,20). The zero-order chi connectivity index (χ0) is 15.4. The van der Waals surface area contributed by atoms with Crippen LogP contribution in [0.5, 0.6) is 0 Å². The van der Waals surface area contributed by atoms with Crippen molar-refractivity contribution in [3.63, 3.8) is 0 Å². The number of rotatable bonds is 3. The van der Waals surface area contributed by atoms with Crippen LogP contribution in [0.2, 0.25) is 0 Å². The number of carbonyl (C=O) groups is 1. The van der Waals surface area contributed by atoms with E-state index in [0.29, 0.717) is 11.3 Å². The van der Waals surface area contributed by atoms with Crippen molar-refractivity contribution in [3.8, 4) is 0 Å². The Kier molecular flexibility index (Phi) is 4.18. The molecule has 4 N–H and O–H groups in total. The first-order valence-corrected chi connectivity index (χ1v) is 6.17. The van der Waals surface area contributed by atoms with Crippen LogP contribution in [-0.4, -0.2) is 17.0 Å². The lowest BCUT2D eigenvalue weighted by Gasteiger charge is -2.10. The molecule has 0 heterocycles. The highest BCUT2D eigenvalue weighted by atomic mass is 19.1. The summed E-state index contributed by atoms with van der Waals surface area (Å²) in [5.41, 5.74) is 7.15. The SMILES string of the molecule is Cc1ccc(/C(N)=N/O)cc1NC(=O)c1ccccc1F. The molecule has 2 rings (SSSR count). The fourth-order valence-corrected chi connectivity index (χ4v) is 1.81. The van der Waals surface area contributed by atoms with E-state index in [0.717, 1.165) is 5.56 Å². The number of amides is 1. The van der Waals surface area contributed by atoms with Crippen molar-refractivity contribution in [2.24, 2.45) is 10.9 Å². The molecule has 2 aromatic rings. The Bertz CT molecular complexity index is 714. The fourth-order valence-electron chi connectivity index (χ4n) is 1.81. The molecule has 108 valence electrons. The average Bonchev–Trinajstić information content (AvgIpc) is 2.49. The second-order valence-corrected chi connectivity index (χ2v) is 4.45. The summed E-state index contributed by atoms with van der Waals surface area (Å²) in [6.07, 6.45) is 0. The molecule has 0 radical (unpaired) electrons.